The van der Waals surface area contributed by atoms with Gasteiger partial charge in [0.1, 0.15) is 0 Å². The van der Waals surface area contributed by atoms with Crippen LogP contribution in [0.15, 0.2) is 0 Å². The first-order valence-electron chi connectivity index (χ1n) is 3.79. The van der Waals surface area contributed by atoms with E-state index in [0.29, 0.717) is 6.10 Å². The number of nitrogens with two attached hydrogens (primary N) is 1. The normalized spacial score (nSPS) is 19.0. The van der Waals surface area contributed by atoms with Crippen LogP contribution in [0.1, 0.15) is 39.5 Å². The molecule has 1 aliphatic carbocycles. The van der Waals surface area contributed by atoms with E-state index in [1.54, 1.807) is 0 Å². The van der Waals surface area contributed by atoms with Crippen LogP contribution >= 0.6 is 0 Å². The molecule has 2 heteroatoms. The Kier molecular flexibility index (Phi) is 5.99. The smallest absolute Gasteiger partial charge is 0.0787 e. The second-order valence-corrected chi connectivity index (χ2v) is 2.04. The Balaban J connectivity index is 0.000000291. The van der Waals surface area contributed by atoms with E-state index in [4.69, 9.17) is 5.90 Å². The van der Waals surface area contributed by atoms with Crippen LogP contribution in [0.2, 0.25) is 0 Å². The molecule has 1 saturated carbocycles. The minimum atomic E-state index is 0.375. The van der Waals surface area contributed by atoms with Gasteiger partial charge in [-0.15, -0.1) is 0 Å². The zero-order chi connectivity index (χ0) is 7.11. The van der Waals surface area contributed by atoms with Crippen molar-refractivity contribution in [2.75, 3.05) is 0 Å². The molecule has 0 aromatic rings. The Morgan fingerprint density at radius 1 is 1.22 bits per heavy atom. The van der Waals surface area contributed by atoms with Crippen molar-refractivity contribution in [3.63, 3.8) is 0 Å². The van der Waals surface area contributed by atoms with Crippen LogP contribution in [0.3, 0.4) is 0 Å². The van der Waals surface area contributed by atoms with Crippen LogP contribution in [0.5, 0.6) is 0 Å². The zero-order valence-corrected chi connectivity index (χ0v) is 6.39. The quantitative estimate of drug-likeness (QED) is 0.551. The number of rotatable bonds is 1. The molecule has 1 fully saturated rings. The second kappa shape index (κ2) is 6.05. The van der Waals surface area contributed by atoms with E-state index >= 15 is 0 Å². The summed E-state index contributed by atoms with van der Waals surface area (Å²) in [7, 11) is 0. The fourth-order valence-electron chi connectivity index (χ4n) is 1.02. The van der Waals surface area contributed by atoms with Crippen LogP contribution in [0.25, 0.3) is 0 Å². The number of hydrogen-bond acceptors (Lipinski definition) is 2. The highest BCUT2D eigenvalue weighted by Gasteiger charge is 2.13. The van der Waals surface area contributed by atoms with Crippen molar-refractivity contribution in [1.29, 1.82) is 0 Å². The minimum absolute atomic E-state index is 0.375. The van der Waals surface area contributed by atoms with Crippen LogP contribution in [0.4, 0.5) is 0 Å². The van der Waals surface area contributed by atoms with Gasteiger partial charge in [-0.1, -0.05) is 26.7 Å². The third-order valence-corrected chi connectivity index (χ3v) is 1.49. The summed E-state index contributed by atoms with van der Waals surface area (Å²) < 4.78 is 0. The molecular formula is C7H17NO. The summed E-state index contributed by atoms with van der Waals surface area (Å²) in [6.45, 7) is 4.00. The third kappa shape index (κ3) is 3.49. The van der Waals surface area contributed by atoms with Crippen LogP contribution in [-0.4, -0.2) is 6.10 Å². The Bertz CT molecular complexity index is 50.9. The Morgan fingerprint density at radius 2 is 1.67 bits per heavy atom. The summed E-state index contributed by atoms with van der Waals surface area (Å²) in [6, 6.07) is 0. The second-order valence-electron chi connectivity index (χ2n) is 2.04. The van der Waals surface area contributed by atoms with Gasteiger partial charge in [-0.25, -0.2) is 5.90 Å². The summed E-state index contributed by atoms with van der Waals surface area (Å²) in [5.41, 5.74) is 0. The van der Waals surface area contributed by atoms with Crippen molar-refractivity contribution < 1.29 is 4.84 Å². The molecule has 0 heterocycles. The summed E-state index contributed by atoms with van der Waals surface area (Å²) in [5, 5.41) is 0. The van der Waals surface area contributed by atoms with Gasteiger partial charge in [0.25, 0.3) is 0 Å². The maximum Gasteiger partial charge on any atom is 0.0787 e. The molecule has 1 rings (SSSR count). The van der Waals surface area contributed by atoms with E-state index in [2.05, 4.69) is 4.84 Å². The molecule has 0 aromatic carbocycles. The summed E-state index contributed by atoms with van der Waals surface area (Å²) >= 11 is 0. The maximum absolute atomic E-state index is 4.93. The van der Waals surface area contributed by atoms with Crippen molar-refractivity contribution >= 4 is 0 Å². The molecule has 0 aromatic heterocycles. The summed E-state index contributed by atoms with van der Waals surface area (Å²) in [6.07, 6.45) is 5.29. The van der Waals surface area contributed by atoms with Gasteiger partial charge in [-0.2, -0.15) is 0 Å². The molecule has 0 amide bonds. The highest BCUT2D eigenvalue weighted by molar-refractivity contribution is 4.64. The molecule has 56 valence electrons. The third-order valence-electron chi connectivity index (χ3n) is 1.49. The van der Waals surface area contributed by atoms with Crippen LogP contribution in [0, 0.1) is 0 Å². The van der Waals surface area contributed by atoms with Crippen molar-refractivity contribution in [1.82, 2.24) is 0 Å². The van der Waals surface area contributed by atoms with E-state index in [0.717, 1.165) is 12.8 Å². The molecule has 0 spiro atoms. The van der Waals surface area contributed by atoms with Gasteiger partial charge >= 0.3 is 0 Å². The zero-order valence-electron chi connectivity index (χ0n) is 6.39. The first kappa shape index (κ1) is 8.92. The molecule has 0 aliphatic heterocycles. The minimum Gasteiger partial charge on any atom is -0.301 e. The largest absolute Gasteiger partial charge is 0.301 e. The monoisotopic (exact) mass is 131 g/mol. The first-order chi connectivity index (χ1) is 4.43. The fourth-order valence-corrected chi connectivity index (χ4v) is 1.02. The van der Waals surface area contributed by atoms with E-state index in [-0.39, 0.29) is 0 Å². The van der Waals surface area contributed by atoms with E-state index in [1.807, 2.05) is 13.8 Å². The average Bonchev–Trinajstić information content (AvgIpc) is 2.43. The lowest BCUT2D eigenvalue weighted by atomic mass is 10.3. The fraction of sp³-hybridized carbons (Fsp3) is 1.00. The molecular weight excluding hydrogens is 114 g/mol. The van der Waals surface area contributed by atoms with Crippen molar-refractivity contribution in [2.24, 2.45) is 5.90 Å². The lowest BCUT2D eigenvalue weighted by Crippen LogP contribution is -2.11. The lowest BCUT2D eigenvalue weighted by Gasteiger charge is -2.01. The van der Waals surface area contributed by atoms with Crippen molar-refractivity contribution in [2.45, 2.75) is 45.6 Å². The summed E-state index contributed by atoms with van der Waals surface area (Å²) in [4.78, 5) is 4.61. The van der Waals surface area contributed by atoms with Crippen molar-refractivity contribution in [3.8, 4) is 0 Å². The molecule has 9 heavy (non-hydrogen) atoms. The molecule has 2 nitrogen and oxygen atoms in total. The molecule has 1 aliphatic rings. The van der Waals surface area contributed by atoms with E-state index in [1.165, 1.54) is 12.8 Å². The molecule has 2 N–H and O–H groups in total. The van der Waals surface area contributed by atoms with E-state index in [9.17, 15) is 0 Å². The predicted molar refractivity (Wildman–Crippen MR) is 38.9 cm³/mol. The molecule has 0 saturated heterocycles. The molecule has 0 atom stereocenters. The van der Waals surface area contributed by atoms with Gasteiger partial charge in [0.2, 0.25) is 0 Å². The topological polar surface area (TPSA) is 35.2 Å². The Hall–Kier alpha value is -0.0800. The SMILES string of the molecule is CC.NOC1CCCC1. The average molecular weight is 131 g/mol. The van der Waals surface area contributed by atoms with Gasteiger partial charge in [0.15, 0.2) is 0 Å². The van der Waals surface area contributed by atoms with Gasteiger partial charge in [-0.3, -0.25) is 0 Å². The predicted octanol–water partition coefficient (Wildman–Crippen LogP) is 1.85. The maximum atomic E-state index is 4.93. The van der Waals surface area contributed by atoms with Crippen LogP contribution < -0.4 is 5.90 Å². The highest BCUT2D eigenvalue weighted by Crippen LogP contribution is 2.18. The standard InChI is InChI=1S/C5H11NO.C2H6/c6-7-5-3-1-2-4-5;1-2/h5H,1-4,6H2;1-2H3. The molecule has 0 radical (unpaired) electrons. The van der Waals surface area contributed by atoms with Crippen molar-refractivity contribution in [3.05, 3.63) is 0 Å². The number of hydrogen-bond donors (Lipinski definition) is 1. The Morgan fingerprint density at radius 3 is 1.89 bits per heavy atom. The van der Waals surface area contributed by atoms with Gasteiger partial charge < -0.3 is 4.84 Å². The highest BCUT2D eigenvalue weighted by atomic mass is 16.6. The lowest BCUT2D eigenvalue weighted by molar-refractivity contribution is 0.0588. The molecule has 0 unspecified atom stereocenters. The van der Waals surface area contributed by atoms with Gasteiger partial charge in [0.05, 0.1) is 6.10 Å². The summed E-state index contributed by atoms with van der Waals surface area (Å²) in [5.74, 6) is 4.93. The first-order valence-corrected chi connectivity index (χ1v) is 3.79. The van der Waals surface area contributed by atoms with Gasteiger partial charge in [-0.05, 0) is 12.8 Å². The molecule has 0 bridgehead atoms. The van der Waals surface area contributed by atoms with Gasteiger partial charge in [0, 0.05) is 0 Å². The van der Waals surface area contributed by atoms with Crippen LogP contribution in [-0.2, 0) is 4.84 Å². The van der Waals surface area contributed by atoms with E-state index < -0.39 is 0 Å². The Labute approximate surface area is 57.3 Å².